The van der Waals surface area contributed by atoms with Crippen molar-refractivity contribution in [2.45, 2.75) is 20.1 Å². The van der Waals surface area contributed by atoms with E-state index in [1.165, 1.54) is 6.92 Å². The third-order valence-corrected chi connectivity index (χ3v) is 4.79. The molecule has 7 heteroatoms. The van der Waals surface area contributed by atoms with Crippen molar-refractivity contribution in [3.05, 3.63) is 59.8 Å². The van der Waals surface area contributed by atoms with Gasteiger partial charge in [0.05, 0.1) is 23.6 Å². The van der Waals surface area contributed by atoms with E-state index < -0.39 is 0 Å². The van der Waals surface area contributed by atoms with Gasteiger partial charge in [0.1, 0.15) is 12.4 Å². The molecule has 1 aromatic heterocycles. The van der Waals surface area contributed by atoms with Gasteiger partial charge in [-0.2, -0.15) is 5.10 Å². The Kier molecular flexibility index (Phi) is 4.77. The summed E-state index contributed by atoms with van der Waals surface area (Å²) in [6.07, 6.45) is 2.00. The smallest absolute Gasteiger partial charge is 0.221 e. The van der Waals surface area contributed by atoms with Crippen molar-refractivity contribution in [1.29, 1.82) is 0 Å². The first-order valence-electron chi connectivity index (χ1n) is 8.62. The molecule has 0 atom stereocenters. The van der Waals surface area contributed by atoms with Crippen LogP contribution in [-0.4, -0.2) is 21.9 Å². The number of hydrogen-bond acceptors (Lipinski definition) is 5. The number of para-hydroxylation sites is 1. The van der Waals surface area contributed by atoms with Gasteiger partial charge in [0.25, 0.3) is 0 Å². The molecule has 0 fully saturated rings. The Balaban J connectivity index is 1.65. The normalized spacial score (nSPS) is 12.4. The van der Waals surface area contributed by atoms with Crippen molar-refractivity contribution in [3.63, 3.8) is 0 Å². The van der Waals surface area contributed by atoms with E-state index in [-0.39, 0.29) is 5.91 Å². The van der Waals surface area contributed by atoms with Crippen LogP contribution in [0.25, 0.3) is 11.3 Å². The largest absolute Gasteiger partial charge is 0.487 e. The zero-order valence-electron chi connectivity index (χ0n) is 15.2. The lowest BCUT2D eigenvalue weighted by Gasteiger charge is -2.10. The van der Waals surface area contributed by atoms with E-state index >= 15 is 0 Å². The van der Waals surface area contributed by atoms with Gasteiger partial charge in [-0.25, -0.2) is 0 Å². The van der Waals surface area contributed by atoms with Crippen molar-refractivity contribution in [3.8, 4) is 17.0 Å². The molecule has 2 N–H and O–H groups in total. The van der Waals surface area contributed by atoms with Crippen molar-refractivity contribution >= 4 is 29.2 Å². The molecule has 0 unspecified atom stereocenters. The molecule has 4 rings (SSSR count). The maximum absolute atomic E-state index is 11.3. The molecule has 2 heterocycles. The second-order valence-corrected chi connectivity index (χ2v) is 6.94. The van der Waals surface area contributed by atoms with Gasteiger partial charge in [0.15, 0.2) is 0 Å². The van der Waals surface area contributed by atoms with Crippen LogP contribution in [0.15, 0.2) is 48.5 Å². The topological polar surface area (TPSA) is 68.2 Å². The minimum Gasteiger partial charge on any atom is -0.487 e. The summed E-state index contributed by atoms with van der Waals surface area (Å²) in [7, 11) is 0. The summed E-state index contributed by atoms with van der Waals surface area (Å²) in [6, 6.07) is 15.9. The number of nitrogens with one attached hydrogen (secondary N) is 2. The Morgan fingerprint density at radius 3 is 2.89 bits per heavy atom. The van der Waals surface area contributed by atoms with Crippen molar-refractivity contribution in [2.75, 3.05) is 16.3 Å². The number of fused-ring (bicyclic) bond motifs is 2. The Morgan fingerprint density at radius 2 is 2.07 bits per heavy atom. The fourth-order valence-electron chi connectivity index (χ4n) is 3.16. The number of benzene rings is 2. The van der Waals surface area contributed by atoms with E-state index in [2.05, 4.69) is 22.2 Å². The molecular formula is C20H20N4O2S. The predicted molar refractivity (Wildman–Crippen MR) is 109 cm³/mol. The molecular weight excluding hydrogens is 360 g/mol. The van der Waals surface area contributed by atoms with Crippen molar-refractivity contribution in [1.82, 2.24) is 9.78 Å². The summed E-state index contributed by atoms with van der Waals surface area (Å²) in [5.41, 5.74) is 5.81. The van der Waals surface area contributed by atoms with Crippen LogP contribution in [0.1, 0.15) is 18.2 Å². The average Bonchev–Trinajstić information content (AvgIpc) is 2.97. The highest BCUT2D eigenvalue weighted by atomic mass is 32.2. The summed E-state index contributed by atoms with van der Waals surface area (Å²) in [4.78, 5) is 11.3. The molecule has 27 heavy (non-hydrogen) atoms. The number of hydrogen-bond donors (Lipinski definition) is 2. The summed E-state index contributed by atoms with van der Waals surface area (Å²) < 4.78 is 11.3. The quantitative estimate of drug-likeness (QED) is 0.666. The molecule has 0 spiro atoms. The minimum atomic E-state index is -0.0985. The molecule has 0 radical (unpaired) electrons. The third-order valence-electron chi connectivity index (χ3n) is 4.36. The van der Waals surface area contributed by atoms with Crippen molar-refractivity contribution in [2.24, 2.45) is 0 Å². The van der Waals surface area contributed by atoms with E-state index in [4.69, 9.17) is 9.84 Å². The van der Waals surface area contributed by atoms with E-state index in [9.17, 15) is 4.79 Å². The maximum atomic E-state index is 11.3. The standard InChI is InChI=1S/C20H20N4O2S/c1-13(25)21-15-8-7-14-11-24-16(12-26-20(14)9-15)10-19(22-24)17-5-3-4-6-18(17)23-27-2/h3-10,23H,11-12H2,1-2H3,(H,21,25). The second kappa shape index (κ2) is 7.36. The van der Waals surface area contributed by atoms with Crippen LogP contribution in [0.4, 0.5) is 11.4 Å². The van der Waals surface area contributed by atoms with Gasteiger partial charge < -0.3 is 14.8 Å². The lowest BCUT2D eigenvalue weighted by atomic mass is 10.1. The molecule has 0 bridgehead atoms. The Morgan fingerprint density at radius 1 is 1.22 bits per heavy atom. The number of ether oxygens (including phenoxy) is 1. The molecule has 0 saturated heterocycles. The number of anilines is 2. The Labute approximate surface area is 162 Å². The van der Waals surface area contributed by atoms with Gasteiger partial charge in [-0.15, -0.1) is 0 Å². The summed E-state index contributed by atoms with van der Waals surface area (Å²) >= 11 is 1.56. The molecule has 3 aromatic rings. The number of nitrogens with zero attached hydrogens (tertiary/aromatic N) is 2. The second-order valence-electron chi connectivity index (χ2n) is 6.32. The van der Waals surface area contributed by atoms with Gasteiger partial charge in [0.2, 0.25) is 5.91 Å². The van der Waals surface area contributed by atoms with Gasteiger partial charge >= 0.3 is 0 Å². The minimum absolute atomic E-state index is 0.0985. The van der Waals surface area contributed by atoms with Crippen LogP contribution in [0.3, 0.4) is 0 Å². The first kappa shape index (κ1) is 17.5. The van der Waals surface area contributed by atoms with Crippen LogP contribution in [0.2, 0.25) is 0 Å². The van der Waals surface area contributed by atoms with Crippen LogP contribution in [0, 0.1) is 0 Å². The van der Waals surface area contributed by atoms with Crippen LogP contribution >= 0.6 is 11.9 Å². The zero-order valence-corrected chi connectivity index (χ0v) is 16.0. The first-order chi connectivity index (χ1) is 13.1. The number of aromatic nitrogens is 2. The van der Waals surface area contributed by atoms with Crippen LogP contribution < -0.4 is 14.8 Å². The van der Waals surface area contributed by atoms with Crippen LogP contribution in [0.5, 0.6) is 5.75 Å². The summed E-state index contributed by atoms with van der Waals surface area (Å²) in [5, 5.41) is 7.60. The van der Waals surface area contributed by atoms with E-state index in [0.29, 0.717) is 13.2 Å². The Hall–Kier alpha value is -2.93. The van der Waals surface area contributed by atoms with Crippen molar-refractivity contribution < 1.29 is 9.53 Å². The SMILES string of the molecule is CSNc1ccccc1-c1cc2n(n1)Cc1ccc(NC(C)=O)cc1OC2. The van der Waals surface area contributed by atoms with Gasteiger partial charge in [0, 0.05) is 36.1 Å². The molecule has 138 valence electrons. The molecule has 0 aliphatic carbocycles. The number of rotatable bonds is 4. The van der Waals surface area contributed by atoms with Gasteiger partial charge in [-0.1, -0.05) is 36.2 Å². The molecule has 1 aliphatic rings. The molecule has 2 aromatic carbocycles. The number of carbonyl (C=O) groups is 1. The Bertz CT molecular complexity index is 999. The maximum Gasteiger partial charge on any atom is 0.221 e. The van der Waals surface area contributed by atoms with Gasteiger partial charge in [-0.3, -0.25) is 9.48 Å². The average molecular weight is 380 g/mol. The molecule has 1 aliphatic heterocycles. The molecule has 6 nitrogen and oxygen atoms in total. The fourth-order valence-corrected chi connectivity index (χ4v) is 3.56. The highest BCUT2D eigenvalue weighted by Gasteiger charge is 2.18. The third kappa shape index (κ3) is 3.64. The predicted octanol–water partition coefficient (Wildman–Crippen LogP) is 4.14. The van der Waals surface area contributed by atoms with E-state index in [0.717, 1.165) is 39.6 Å². The first-order valence-corrected chi connectivity index (χ1v) is 9.85. The number of amides is 1. The lowest BCUT2D eigenvalue weighted by Crippen LogP contribution is -2.06. The monoisotopic (exact) mass is 380 g/mol. The van der Waals surface area contributed by atoms with Gasteiger partial charge in [-0.05, 0) is 18.2 Å². The fraction of sp³-hybridized carbons (Fsp3) is 0.200. The van der Waals surface area contributed by atoms with E-state index in [1.807, 2.05) is 47.3 Å². The summed E-state index contributed by atoms with van der Waals surface area (Å²) in [5.74, 6) is 0.677. The van der Waals surface area contributed by atoms with Crippen LogP contribution in [-0.2, 0) is 17.9 Å². The lowest BCUT2D eigenvalue weighted by molar-refractivity contribution is -0.114. The summed E-state index contributed by atoms with van der Waals surface area (Å²) in [6.45, 7) is 2.55. The molecule has 0 saturated carbocycles. The number of carbonyl (C=O) groups excluding carboxylic acids is 1. The molecule has 1 amide bonds. The highest BCUT2D eigenvalue weighted by molar-refractivity contribution is 7.99. The van der Waals surface area contributed by atoms with E-state index in [1.54, 1.807) is 11.9 Å². The highest BCUT2D eigenvalue weighted by Crippen LogP contribution is 2.32. The zero-order chi connectivity index (χ0) is 18.8.